The van der Waals surface area contributed by atoms with Gasteiger partial charge in [-0.25, -0.2) is 0 Å². The molecule has 2 aromatic heterocycles. The first-order chi connectivity index (χ1) is 14.1. The van der Waals surface area contributed by atoms with Crippen LogP contribution in [0, 0.1) is 0 Å². The summed E-state index contributed by atoms with van der Waals surface area (Å²) in [6, 6.07) is 9.40. The Balaban J connectivity index is 1.81. The largest absolute Gasteiger partial charge is 0.459 e. The van der Waals surface area contributed by atoms with Gasteiger partial charge in [-0.2, -0.15) is 0 Å². The summed E-state index contributed by atoms with van der Waals surface area (Å²) >= 11 is 0. The molecule has 1 atom stereocenters. The summed E-state index contributed by atoms with van der Waals surface area (Å²) in [5.41, 5.74) is 4.04. The van der Waals surface area contributed by atoms with Crippen LogP contribution in [0.2, 0.25) is 6.32 Å². The summed E-state index contributed by atoms with van der Waals surface area (Å²) in [4.78, 5) is 4.48. The number of aliphatic hydroxyl groups excluding tert-OH is 1. The van der Waals surface area contributed by atoms with Gasteiger partial charge in [-0.15, -0.1) is 0 Å². The number of nitrogens with zero attached hydrogens (tertiary/aromatic N) is 1. The molecule has 1 aliphatic heterocycles. The Morgan fingerprint density at radius 3 is 2.86 bits per heavy atom. The summed E-state index contributed by atoms with van der Waals surface area (Å²) in [7, 11) is -0.780. The van der Waals surface area contributed by atoms with Gasteiger partial charge in [0.05, 0.1) is 11.8 Å². The SMILES string of the molecule is C=C(CCC)C1=CCB(O)OC1CC/C(=C/c1ccc(CO)o1)c1ccccn1. The van der Waals surface area contributed by atoms with E-state index in [0.29, 0.717) is 30.7 Å². The molecule has 0 fully saturated rings. The Morgan fingerprint density at radius 2 is 2.17 bits per heavy atom. The number of aliphatic hydroxyl groups is 1. The second-order valence-corrected chi connectivity index (χ2v) is 7.21. The van der Waals surface area contributed by atoms with Crippen molar-refractivity contribution in [1.29, 1.82) is 0 Å². The Kier molecular flexibility index (Phi) is 7.64. The second kappa shape index (κ2) is 10.4. The van der Waals surface area contributed by atoms with Gasteiger partial charge in [-0.1, -0.05) is 32.1 Å². The summed E-state index contributed by atoms with van der Waals surface area (Å²) in [6.07, 6.45) is 9.40. The van der Waals surface area contributed by atoms with E-state index in [1.165, 1.54) is 0 Å². The number of hydrogen-bond acceptors (Lipinski definition) is 5. The van der Waals surface area contributed by atoms with E-state index in [1.54, 1.807) is 12.3 Å². The lowest BCUT2D eigenvalue weighted by atomic mass is 9.77. The minimum absolute atomic E-state index is 0.131. The van der Waals surface area contributed by atoms with E-state index in [1.807, 2.05) is 30.3 Å². The summed E-state index contributed by atoms with van der Waals surface area (Å²) < 4.78 is 11.5. The topological polar surface area (TPSA) is 75.7 Å². The average molecular weight is 393 g/mol. The van der Waals surface area contributed by atoms with Crippen LogP contribution in [0.4, 0.5) is 0 Å². The van der Waals surface area contributed by atoms with Crippen LogP contribution in [-0.4, -0.2) is 28.3 Å². The van der Waals surface area contributed by atoms with Crippen LogP contribution in [0.1, 0.15) is 49.8 Å². The van der Waals surface area contributed by atoms with Crippen molar-refractivity contribution < 1.29 is 19.2 Å². The number of allylic oxidation sites excluding steroid dienone is 2. The number of furan rings is 1. The molecule has 0 radical (unpaired) electrons. The molecule has 0 saturated heterocycles. The Bertz CT molecular complexity index is 872. The van der Waals surface area contributed by atoms with Gasteiger partial charge in [0.1, 0.15) is 18.1 Å². The second-order valence-electron chi connectivity index (χ2n) is 7.21. The normalized spacial score (nSPS) is 17.3. The van der Waals surface area contributed by atoms with Crippen LogP contribution >= 0.6 is 0 Å². The van der Waals surface area contributed by atoms with Crippen molar-refractivity contribution >= 4 is 18.8 Å². The summed E-state index contributed by atoms with van der Waals surface area (Å²) in [6.45, 7) is 6.21. The summed E-state index contributed by atoms with van der Waals surface area (Å²) in [5.74, 6) is 1.20. The van der Waals surface area contributed by atoms with Crippen LogP contribution in [0.15, 0.2) is 64.7 Å². The molecule has 0 aromatic carbocycles. The molecule has 3 rings (SSSR count). The molecule has 6 heteroatoms. The van der Waals surface area contributed by atoms with Crippen LogP contribution in [0.3, 0.4) is 0 Å². The zero-order valence-corrected chi connectivity index (χ0v) is 16.9. The van der Waals surface area contributed by atoms with E-state index in [-0.39, 0.29) is 12.7 Å². The lowest BCUT2D eigenvalue weighted by Crippen LogP contribution is -2.31. The highest BCUT2D eigenvalue weighted by Crippen LogP contribution is 2.31. The average Bonchev–Trinajstić information content (AvgIpc) is 3.19. The lowest BCUT2D eigenvalue weighted by Gasteiger charge is -2.28. The van der Waals surface area contributed by atoms with Crippen LogP contribution in [0.25, 0.3) is 11.6 Å². The molecule has 0 spiro atoms. The van der Waals surface area contributed by atoms with E-state index in [4.69, 9.17) is 9.07 Å². The zero-order chi connectivity index (χ0) is 20.6. The van der Waals surface area contributed by atoms with Gasteiger partial charge < -0.3 is 19.2 Å². The lowest BCUT2D eigenvalue weighted by molar-refractivity contribution is 0.184. The summed E-state index contributed by atoms with van der Waals surface area (Å²) in [5, 5.41) is 19.2. The first-order valence-corrected chi connectivity index (χ1v) is 10.1. The van der Waals surface area contributed by atoms with E-state index in [2.05, 4.69) is 24.6 Å². The molecular formula is C23H28BNO4. The molecule has 5 nitrogen and oxygen atoms in total. The predicted molar refractivity (Wildman–Crippen MR) is 116 cm³/mol. The number of hydrogen-bond donors (Lipinski definition) is 2. The predicted octanol–water partition coefficient (Wildman–Crippen LogP) is 4.65. The Hall–Kier alpha value is -2.41. The van der Waals surface area contributed by atoms with Gasteiger partial charge in [0, 0.05) is 12.5 Å². The molecule has 29 heavy (non-hydrogen) atoms. The number of rotatable bonds is 9. The van der Waals surface area contributed by atoms with E-state index in [9.17, 15) is 10.1 Å². The Morgan fingerprint density at radius 1 is 1.31 bits per heavy atom. The fraction of sp³-hybridized carbons (Fsp3) is 0.348. The third-order valence-electron chi connectivity index (χ3n) is 4.99. The minimum Gasteiger partial charge on any atom is -0.459 e. The van der Waals surface area contributed by atoms with Gasteiger partial charge >= 0.3 is 7.12 Å². The molecule has 2 aromatic rings. The van der Waals surface area contributed by atoms with E-state index in [0.717, 1.165) is 35.3 Å². The highest BCUT2D eigenvalue weighted by atomic mass is 16.5. The van der Waals surface area contributed by atoms with Crippen molar-refractivity contribution in [1.82, 2.24) is 4.98 Å². The highest BCUT2D eigenvalue weighted by Gasteiger charge is 2.28. The van der Waals surface area contributed by atoms with Crippen LogP contribution < -0.4 is 0 Å². The molecule has 152 valence electrons. The van der Waals surface area contributed by atoms with Crippen LogP contribution in [-0.2, 0) is 11.3 Å². The van der Waals surface area contributed by atoms with Gasteiger partial charge in [-0.3, -0.25) is 4.98 Å². The molecule has 3 heterocycles. The molecular weight excluding hydrogens is 365 g/mol. The molecule has 0 saturated carbocycles. The molecule has 2 N–H and O–H groups in total. The molecule has 0 bridgehead atoms. The highest BCUT2D eigenvalue weighted by molar-refractivity contribution is 6.43. The fourth-order valence-corrected chi connectivity index (χ4v) is 3.56. The van der Waals surface area contributed by atoms with E-state index >= 15 is 0 Å². The quantitative estimate of drug-likeness (QED) is 0.607. The van der Waals surface area contributed by atoms with Crippen molar-refractivity contribution in [3.63, 3.8) is 0 Å². The van der Waals surface area contributed by atoms with Crippen molar-refractivity contribution in [2.75, 3.05) is 0 Å². The first-order valence-electron chi connectivity index (χ1n) is 10.1. The maximum atomic E-state index is 9.99. The third kappa shape index (κ3) is 5.79. The molecule has 1 unspecified atom stereocenters. The first kappa shape index (κ1) is 21.3. The monoisotopic (exact) mass is 393 g/mol. The molecule has 1 aliphatic rings. The van der Waals surface area contributed by atoms with Crippen molar-refractivity contribution in [2.45, 2.75) is 51.6 Å². The van der Waals surface area contributed by atoms with Gasteiger partial charge in [0.2, 0.25) is 0 Å². The molecule has 0 amide bonds. The van der Waals surface area contributed by atoms with Crippen molar-refractivity contribution in [2.24, 2.45) is 0 Å². The third-order valence-corrected chi connectivity index (χ3v) is 4.99. The van der Waals surface area contributed by atoms with Crippen molar-refractivity contribution in [3.05, 3.63) is 77.5 Å². The fourth-order valence-electron chi connectivity index (χ4n) is 3.56. The van der Waals surface area contributed by atoms with Gasteiger partial charge in [-0.05, 0) is 66.3 Å². The van der Waals surface area contributed by atoms with Gasteiger partial charge in [0.25, 0.3) is 0 Å². The van der Waals surface area contributed by atoms with E-state index < -0.39 is 7.12 Å². The van der Waals surface area contributed by atoms with Crippen molar-refractivity contribution in [3.8, 4) is 0 Å². The van der Waals surface area contributed by atoms with Crippen LogP contribution in [0.5, 0.6) is 0 Å². The smallest absolute Gasteiger partial charge is 0.458 e. The number of aromatic nitrogens is 1. The standard InChI is InChI=1S/C23H28BNO4/c1-3-6-17(2)21-12-13-24(27)29-23(21)11-8-18(22-7-4-5-14-25-22)15-19-9-10-20(16-26)28-19/h4-5,7,9-10,12,14-15,23,26-27H,2-3,6,8,11,13,16H2,1H3/b18-15-. The maximum absolute atomic E-state index is 9.99. The molecule has 0 aliphatic carbocycles. The number of pyridine rings is 1. The Labute approximate surface area is 172 Å². The maximum Gasteiger partial charge on any atom is 0.458 e. The van der Waals surface area contributed by atoms with Gasteiger partial charge in [0.15, 0.2) is 0 Å². The zero-order valence-electron chi connectivity index (χ0n) is 16.9. The minimum atomic E-state index is -0.780.